The van der Waals surface area contributed by atoms with E-state index in [0.29, 0.717) is 22.2 Å². The number of Topliss-reactive ketones (excluding diaryl/α,β-unsaturated/α-hetero) is 1. The van der Waals surface area contributed by atoms with E-state index in [-0.39, 0.29) is 12.3 Å². The molecule has 0 radical (unpaired) electrons. The van der Waals surface area contributed by atoms with E-state index in [2.05, 4.69) is 4.98 Å². The molecule has 1 aromatic heterocycles. The van der Waals surface area contributed by atoms with Crippen LogP contribution in [0.4, 0.5) is 0 Å². The summed E-state index contributed by atoms with van der Waals surface area (Å²) in [6, 6.07) is 8.75. The van der Waals surface area contributed by atoms with Crippen molar-refractivity contribution in [3.05, 3.63) is 63.9 Å². The summed E-state index contributed by atoms with van der Waals surface area (Å²) in [7, 11) is 1.88. The van der Waals surface area contributed by atoms with Gasteiger partial charge in [0.2, 0.25) is 0 Å². The van der Waals surface area contributed by atoms with Gasteiger partial charge in [-0.3, -0.25) is 14.7 Å². The average molecular weight is 309 g/mol. The van der Waals surface area contributed by atoms with Crippen LogP contribution >= 0.6 is 23.2 Å². The summed E-state index contributed by atoms with van der Waals surface area (Å²) in [6.45, 7) is 0.923. The standard InChI is InChI=1S/C15H14Cl2N2O/c1-19(9-11-3-2-6-18-8-11)10-15(20)13-7-12(16)4-5-14(13)17/h2-8H,9-10H2,1H3. The molecule has 0 aliphatic heterocycles. The lowest BCUT2D eigenvalue weighted by Crippen LogP contribution is -2.25. The summed E-state index contributed by atoms with van der Waals surface area (Å²) in [5.74, 6) is -0.0520. The van der Waals surface area contributed by atoms with Crippen molar-refractivity contribution < 1.29 is 4.79 Å². The van der Waals surface area contributed by atoms with Crippen LogP contribution in [0.1, 0.15) is 15.9 Å². The molecular formula is C15H14Cl2N2O. The number of hydrogen-bond acceptors (Lipinski definition) is 3. The van der Waals surface area contributed by atoms with Gasteiger partial charge in [-0.05, 0) is 36.9 Å². The van der Waals surface area contributed by atoms with Crippen LogP contribution < -0.4 is 0 Å². The van der Waals surface area contributed by atoms with E-state index >= 15 is 0 Å². The Balaban J connectivity index is 2.02. The number of carbonyl (C=O) groups excluding carboxylic acids is 1. The van der Waals surface area contributed by atoms with Crippen molar-refractivity contribution >= 4 is 29.0 Å². The molecule has 2 aromatic rings. The molecule has 0 atom stereocenters. The molecule has 0 unspecified atom stereocenters. The Kier molecular flexibility index (Phi) is 5.12. The SMILES string of the molecule is CN(CC(=O)c1cc(Cl)ccc1Cl)Cc1cccnc1. The summed E-state index contributed by atoms with van der Waals surface area (Å²) >= 11 is 11.9. The van der Waals surface area contributed by atoms with Gasteiger partial charge in [0.15, 0.2) is 5.78 Å². The molecule has 3 nitrogen and oxygen atoms in total. The fourth-order valence-electron chi connectivity index (χ4n) is 1.90. The lowest BCUT2D eigenvalue weighted by Gasteiger charge is -2.16. The van der Waals surface area contributed by atoms with Gasteiger partial charge in [-0.15, -0.1) is 0 Å². The van der Waals surface area contributed by atoms with Crippen LogP contribution in [0, 0.1) is 0 Å². The number of aromatic nitrogens is 1. The smallest absolute Gasteiger partial charge is 0.178 e. The van der Waals surface area contributed by atoms with Crippen LogP contribution in [-0.4, -0.2) is 29.3 Å². The van der Waals surface area contributed by atoms with Gasteiger partial charge in [-0.25, -0.2) is 0 Å². The number of benzene rings is 1. The molecule has 1 heterocycles. The Morgan fingerprint density at radius 3 is 2.80 bits per heavy atom. The second kappa shape index (κ2) is 6.84. The zero-order valence-corrected chi connectivity index (χ0v) is 12.5. The molecule has 0 aliphatic rings. The molecule has 2 rings (SSSR count). The Morgan fingerprint density at radius 2 is 2.10 bits per heavy atom. The molecular weight excluding hydrogens is 295 g/mol. The second-order valence-electron chi connectivity index (χ2n) is 4.58. The fraction of sp³-hybridized carbons (Fsp3) is 0.200. The van der Waals surface area contributed by atoms with E-state index in [0.717, 1.165) is 5.56 Å². The van der Waals surface area contributed by atoms with Gasteiger partial charge >= 0.3 is 0 Å². The maximum absolute atomic E-state index is 12.2. The maximum Gasteiger partial charge on any atom is 0.178 e. The zero-order chi connectivity index (χ0) is 14.5. The third-order valence-electron chi connectivity index (χ3n) is 2.82. The number of pyridine rings is 1. The largest absolute Gasteiger partial charge is 0.295 e. The van der Waals surface area contributed by atoms with Crippen molar-refractivity contribution in [3.8, 4) is 0 Å². The summed E-state index contributed by atoms with van der Waals surface area (Å²) in [5.41, 5.74) is 1.51. The Bertz CT molecular complexity index is 602. The predicted molar refractivity (Wildman–Crippen MR) is 81.4 cm³/mol. The minimum absolute atomic E-state index is 0.0520. The lowest BCUT2D eigenvalue weighted by molar-refractivity contribution is 0.0943. The number of nitrogens with zero attached hydrogens (tertiary/aromatic N) is 2. The number of likely N-dealkylation sites (N-methyl/N-ethyl adjacent to an activating group) is 1. The third kappa shape index (κ3) is 4.04. The van der Waals surface area contributed by atoms with Crippen LogP contribution in [-0.2, 0) is 6.54 Å². The van der Waals surface area contributed by atoms with Crippen LogP contribution in [0.5, 0.6) is 0 Å². The number of rotatable bonds is 5. The highest BCUT2D eigenvalue weighted by atomic mass is 35.5. The summed E-state index contributed by atoms with van der Waals surface area (Å²) in [4.78, 5) is 18.2. The molecule has 1 aromatic carbocycles. The number of hydrogen-bond donors (Lipinski definition) is 0. The van der Waals surface area contributed by atoms with Gasteiger partial charge in [0.05, 0.1) is 11.6 Å². The second-order valence-corrected chi connectivity index (χ2v) is 5.42. The van der Waals surface area contributed by atoms with E-state index in [1.807, 2.05) is 24.1 Å². The van der Waals surface area contributed by atoms with Crippen LogP contribution in [0.3, 0.4) is 0 Å². The first-order chi connectivity index (χ1) is 9.56. The molecule has 0 amide bonds. The predicted octanol–water partition coefficient (Wildman–Crippen LogP) is 3.70. The van der Waals surface area contributed by atoms with Crippen molar-refractivity contribution in [2.45, 2.75) is 6.54 Å². The highest BCUT2D eigenvalue weighted by Crippen LogP contribution is 2.21. The first-order valence-electron chi connectivity index (χ1n) is 6.12. The Hall–Kier alpha value is -1.42. The molecule has 104 valence electrons. The lowest BCUT2D eigenvalue weighted by atomic mass is 10.1. The summed E-state index contributed by atoms with van der Waals surface area (Å²) in [6.07, 6.45) is 3.51. The molecule has 20 heavy (non-hydrogen) atoms. The van der Waals surface area contributed by atoms with Crippen LogP contribution in [0.2, 0.25) is 10.0 Å². The topological polar surface area (TPSA) is 33.2 Å². The Morgan fingerprint density at radius 1 is 1.30 bits per heavy atom. The highest BCUT2D eigenvalue weighted by molar-refractivity contribution is 6.36. The van der Waals surface area contributed by atoms with E-state index < -0.39 is 0 Å². The molecule has 5 heteroatoms. The van der Waals surface area contributed by atoms with Crippen molar-refractivity contribution in [1.82, 2.24) is 9.88 Å². The molecule has 0 spiro atoms. The summed E-state index contributed by atoms with van der Waals surface area (Å²) in [5, 5.41) is 0.932. The van der Waals surface area contributed by atoms with E-state index in [9.17, 15) is 4.79 Å². The highest BCUT2D eigenvalue weighted by Gasteiger charge is 2.13. The van der Waals surface area contributed by atoms with E-state index in [1.54, 1.807) is 30.6 Å². The quantitative estimate of drug-likeness (QED) is 0.790. The molecule has 0 aliphatic carbocycles. The average Bonchev–Trinajstić information content (AvgIpc) is 2.42. The number of carbonyl (C=O) groups is 1. The third-order valence-corrected chi connectivity index (χ3v) is 3.38. The van der Waals surface area contributed by atoms with Crippen LogP contribution in [0.25, 0.3) is 0 Å². The van der Waals surface area contributed by atoms with Gasteiger partial charge < -0.3 is 0 Å². The monoisotopic (exact) mass is 308 g/mol. The summed E-state index contributed by atoms with van der Waals surface area (Å²) < 4.78 is 0. The minimum atomic E-state index is -0.0520. The molecule has 0 N–H and O–H groups in total. The molecule has 0 fully saturated rings. The van der Waals surface area contributed by atoms with Crippen molar-refractivity contribution in [1.29, 1.82) is 0 Å². The number of halogens is 2. The molecule has 0 saturated carbocycles. The van der Waals surface area contributed by atoms with Gasteiger partial charge in [-0.2, -0.15) is 0 Å². The van der Waals surface area contributed by atoms with Crippen molar-refractivity contribution in [2.24, 2.45) is 0 Å². The molecule has 0 bridgehead atoms. The van der Waals surface area contributed by atoms with Gasteiger partial charge in [-0.1, -0.05) is 29.3 Å². The zero-order valence-electron chi connectivity index (χ0n) is 11.0. The fourth-order valence-corrected chi connectivity index (χ4v) is 2.30. The van der Waals surface area contributed by atoms with Gasteiger partial charge in [0, 0.05) is 29.5 Å². The first-order valence-corrected chi connectivity index (χ1v) is 6.87. The van der Waals surface area contributed by atoms with Gasteiger partial charge in [0.1, 0.15) is 0 Å². The van der Waals surface area contributed by atoms with Gasteiger partial charge in [0.25, 0.3) is 0 Å². The minimum Gasteiger partial charge on any atom is -0.295 e. The van der Waals surface area contributed by atoms with Crippen LogP contribution in [0.15, 0.2) is 42.7 Å². The molecule has 0 saturated heterocycles. The maximum atomic E-state index is 12.2. The van der Waals surface area contributed by atoms with E-state index in [4.69, 9.17) is 23.2 Å². The van der Waals surface area contributed by atoms with Crippen molar-refractivity contribution in [3.63, 3.8) is 0 Å². The Labute approximate surface area is 128 Å². The first kappa shape index (κ1) is 15.0. The normalized spacial score (nSPS) is 10.8. The van der Waals surface area contributed by atoms with E-state index in [1.165, 1.54) is 0 Å². The van der Waals surface area contributed by atoms with Crippen molar-refractivity contribution in [2.75, 3.05) is 13.6 Å². The number of ketones is 1.